The van der Waals surface area contributed by atoms with Crippen molar-refractivity contribution in [3.8, 4) is 0 Å². The summed E-state index contributed by atoms with van der Waals surface area (Å²) in [4.78, 5) is 15.0. The van der Waals surface area contributed by atoms with Gasteiger partial charge in [-0.05, 0) is 18.1 Å². The van der Waals surface area contributed by atoms with E-state index < -0.39 is 0 Å². The molecular weight excluding hydrogens is 192 g/mol. The van der Waals surface area contributed by atoms with Crippen LogP contribution in [0.3, 0.4) is 0 Å². The molecule has 5 nitrogen and oxygen atoms in total. The van der Waals surface area contributed by atoms with Crippen molar-refractivity contribution >= 4 is 0 Å². The van der Waals surface area contributed by atoms with Gasteiger partial charge in [0.05, 0.1) is 6.20 Å². The van der Waals surface area contributed by atoms with E-state index in [0.29, 0.717) is 6.54 Å². The van der Waals surface area contributed by atoms with Crippen LogP contribution in [-0.2, 0) is 20.0 Å². The average molecular weight is 204 g/mol. The minimum absolute atomic E-state index is 0.207. The smallest absolute Gasteiger partial charge is 0.299 e. The van der Waals surface area contributed by atoms with E-state index in [-0.39, 0.29) is 5.69 Å². The highest BCUT2D eigenvalue weighted by Crippen LogP contribution is 1.98. The lowest BCUT2D eigenvalue weighted by molar-refractivity contribution is 0.648. The topological polar surface area (TPSA) is 52.7 Å². The largest absolute Gasteiger partial charge is 0.347 e. The van der Waals surface area contributed by atoms with Gasteiger partial charge in [-0.25, -0.2) is 9.78 Å². The Bertz CT molecular complexity index is 500. The van der Waals surface area contributed by atoms with E-state index in [0.717, 1.165) is 12.0 Å². The van der Waals surface area contributed by atoms with Crippen molar-refractivity contribution in [3.05, 3.63) is 46.9 Å². The predicted octanol–water partition coefficient (Wildman–Crippen LogP) is 0.220. The van der Waals surface area contributed by atoms with Gasteiger partial charge in [0.2, 0.25) is 0 Å². The summed E-state index contributed by atoms with van der Waals surface area (Å²) in [5.41, 5.74) is 0.912. The number of nitrogens with zero attached hydrogens (tertiary/aromatic N) is 4. The van der Waals surface area contributed by atoms with Crippen LogP contribution in [0.1, 0.15) is 5.56 Å². The number of aromatic nitrogens is 4. The van der Waals surface area contributed by atoms with Crippen molar-refractivity contribution in [3.63, 3.8) is 0 Å². The summed E-state index contributed by atoms with van der Waals surface area (Å²) in [6.07, 6.45) is 7.79. The highest BCUT2D eigenvalue weighted by molar-refractivity contribution is 5.03. The Labute approximate surface area is 87.0 Å². The quantitative estimate of drug-likeness (QED) is 0.718. The normalized spacial score (nSPS) is 10.5. The Morgan fingerprint density at radius 2 is 2.33 bits per heavy atom. The van der Waals surface area contributed by atoms with Crippen molar-refractivity contribution < 1.29 is 0 Å². The van der Waals surface area contributed by atoms with Gasteiger partial charge in [-0.1, -0.05) is 0 Å². The molecule has 0 aliphatic heterocycles. The van der Waals surface area contributed by atoms with E-state index in [2.05, 4.69) is 10.1 Å². The zero-order chi connectivity index (χ0) is 10.7. The minimum atomic E-state index is -0.207. The molecule has 0 spiro atoms. The van der Waals surface area contributed by atoms with Gasteiger partial charge >= 0.3 is 5.69 Å². The van der Waals surface area contributed by atoms with Gasteiger partial charge in [0, 0.05) is 32.2 Å². The third kappa shape index (κ3) is 2.31. The van der Waals surface area contributed by atoms with Gasteiger partial charge in [0.25, 0.3) is 0 Å². The van der Waals surface area contributed by atoms with Crippen molar-refractivity contribution in [1.29, 1.82) is 0 Å². The molecule has 2 aromatic rings. The van der Waals surface area contributed by atoms with E-state index in [4.69, 9.17) is 0 Å². The maximum atomic E-state index is 11.3. The standard InChI is InChI=1S/C10H12N4O/c1-13-8-9(7-12-13)3-6-14-5-2-4-11-10(14)15/h2,4-5,7-8H,3,6H2,1H3. The second kappa shape index (κ2) is 4.08. The lowest BCUT2D eigenvalue weighted by Gasteiger charge is -2.01. The third-order valence-electron chi connectivity index (χ3n) is 2.18. The molecule has 0 amide bonds. The van der Waals surface area contributed by atoms with E-state index in [9.17, 15) is 4.79 Å². The molecule has 0 saturated heterocycles. The molecule has 0 radical (unpaired) electrons. The van der Waals surface area contributed by atoms with Gasteiger partial charge in [-0.2, -0.15) is 5.10 Å². The molecule has 0 unspecified atom stereocenters. The molecule has 5 heteroatoms. The van der Waals surface area contributed by atoms with Crippen LogP contribution in [0, 0.1) is 0 Å². The molecule has 0 atom stereocenters. The van der Waals surface area contributed by atoms with Gasteiger partial charge in [0.15, 0.2) is 0 Å². The van der Waals surface area contributed by atoms with Gasteiger partial charge < -0.3 is 0 Å². The second-order valence-electron chi connectivity index (χ2n) is 3.37. The zero-order valence-electron chi connectivity index (χ0n) is 8.50. The highest BCUT2D eigenvalue weighted by atomic mass is 16.1. The molecule has 15 heavy (non-hydrogen) atoms. The summed E-state index contributed by atoms with van der Waals surface area (Å²) < 4.78 is 3.34. The molecule has 2 aromatic heterocycles. The fourth-order valence-electron chi connectivity index (χ4n) is 1.41. The fraction of sp³-hybridized carbons (Fsp3) is 0.300. The maximum Gasteiger partial charge on any atom is 0.347 e. The molecule has 0 N–H and O–H groups in total. The number of aryl methyl sites for hydroxylation is 3. The minimum Gasteiger partial charge on any atom is -0.299 e. The summed E-state index contributed by atoms with van der Waals surface area (Å²) in [6.45, 7) is 0.637. The number of rotatable bonds is 3. The van der Waals surface area contributed by atoms with E-state index >= 15 is 0 Å². The molecule has 0 aliphatic rings. The molecule has 0 aromatic carbocycles. The molecule has 2 heterocycles. The number of hydrogen-bond acceptors (Lipinski definition) is 3. The van der Waals surface area contributed by atoms with Crippen LogP contribution < -0.4 is 5.69 Å². The van der Waals surface area contributed by atoms with Crippen LogP contribution in [0.2, 0.25) is 0 Å². The van der Waals surface area contributed by atoms with Crippen LogP contribution in [-0.4, -0.2) is 19.3 Å². The van der Waals surface area contributed by atoms with E-state index in [1.165, 1.54) is 6.20 Å². The molecule has 0 fully saturated rings. The van der Waals surface area contributed by atoms with Crippen LogP contribution in [0.4, 0.5) is 0 Å². The van der Waals surface area contributed by atoms with Crippen molar-refractivity contribution in [1.82, 2.24) is 19.3 Å². The predicted molar refractivity (Wildman–Crippen MR) is 55.4 cm³/mol. The van der Waals surface area contributed by atoms with Crippen molar-refractivity contribution in [2.24, 2.45) is 7.05 Å². The SMILES string of the molecule is Cn1cc(CCn2cccnc2=O)cn1. The lowest BCUT2D eigenvalue weighted by atomic mass is 10.2. The van der Waals surface area contributed by atoms with Crippen LogP contribution in [0.5, 0.6) is 0 Å². The Morgan fingerprint density at radius 1 is 1.47 bits per heavy atom. The summed E-state index contributed by atoms with van der Waals surface area (Å²) in [7, 11) is 1.87. The molecule has 2 rings (SSSR count). The summed E-state index contributed by atoms with van der Waals surface area (Å²) in [5.74, 6) is 0. The highest BCUT2D eigenvalue weighted by Gasteiger charge is 1.98. The average Bonchev–Trinajstić information content (AvgIpc) is 2.63. The molecular formula is C10H12N4O. The first-order valence-electron chi connectivity index (χ1n) is 4.75. The molecule has 0 saturated carbocycles. The summed E-state index contributed by atoms with van der Waals surface area (Å²) >= 11 is 0. The van der Waals surface area contributed by atoms with E-state index in [1.54, 1.807) is 27.7 Å². The first kappa shape index (κ1) is 9.64. The Balaban J connectivity index is 2.05. The maximum absolute atomic E-state index is 11.3. The monoisotopic (exact) mass is 204 g/mol. The Morgan fingerprint density at radius 3 is 3.00 bits per heavy atom. The third-order valence-corrected chi connectivity index (χ3v) is 2.18. The first-order chi connectivity index (χ1) is 7.25. The summed E-state index contributed by atoms with van der Waals surface area (Å²) in [5, 5.41) is 4.06. The Kier molecular flexibility index (Phi) is 2.62. The van der Waals surface area contributed by atoms with Gasteiger partial charge in [0.1, 0.15) is 0 Å². The molecule has 0 aliphatic carbocycles. The zero-order valence-corrected chi connectivity index (χ0v) is 8.50. The molecule has 0 bridgehead atoms. The first-order valence-corrected chi connectivity index (χ1v) is 4.75. The van der Waals surface area contributed by atoms with Crippen molar-refractivity contribution in [2.45, 2.75) is 13.0 Å². The summed E-state index contributed by atoms with van der Waals surface area (Å²) in [6, 6.07) is 1.75. The van der Waals surface area contributed by atoms with Crippen LogP contribution in [0.25, 0.3) is 0 Å². The van der Waals surface area contributed by atoms with Crippen LogP contribution >= 0.6 is 0 Å². The van der Waals surface area contributed by atoms with E-state index in [1.807, 2.05) is 13.2 Å². The second-order valence-corrected chi connectivity index (χ2v) is 3.37. The van der Waals surface area contributed by atoms with Gasteiger partial charge in [-0.3, -0.25) is 9.25 Å². The van der Waals surface area contributed by atoms with Crippen LogP contribution in [0.15, 0.2) is 35.6 Å². The number of hydrogen-bond donors (Lipinski definition) is 0. The molecule has 78 valence electrons. The fourth-order valence-corrected chi connectivity index (χ4v) is 1.41. The van der Waals surface area contributed by atoms with Crippen molar-refractivity contribution in [2.75, 3.05) is 0 Å². The lowest BCUT2D eigenvalue weighted by Crippen LogP contribution is -2.22. The van der Waals surface area contributed by atoms with Gasteiger partial charge in [-0.15, -0.1) is 0 Å². The Hall–Kier alpha value is -1.91.